The average Bonchev–Trinajstić information content (AvgIpc) is 2.79. The lowest BCUT2D eigenvalue weighted by Gasteiger charge is -2.26. The topological polar surface area (TPSA) is 12.4 Å². The van der Waals surface area contributed by atoms with Crippen LogP contribution in [0, 0.1) is 5.41 Å². The lowest BCUT2D eigenvalue weighted by molar-refractivity contribution is 0.370. The van der Waals surface area contributed by atoms with Crippen LogP contribution in [0.2, 0.25) is 0 Å². The van der Waals surface area contributed by atoms with E-state index in [-0.39, 0.29) is 5.41 Å². The van der Waals surface area contributed by atoms with Crippen LogP contribution in [0.25, 0.3) is 0 Å². The van der Waals surface area contributed by atoms with Crippen LogP contribution in [0.5, 0.6) is 0 Å². The third-order valence-electron chi connectivity index (χ3n) is 5.41. The molecule has 2 heteroatoms. The molecule has 0 spiro atoms. The van der Waals surface area contributed by atoms with Gasteiger partial charge in [0.2, 0.25) is 0 Å². The minimum Gasteiger partial charge on any atom is -0.248 e. The summed E-state index contributed by atoms with van der Waals surface area (Å²) in [5.41, 5.74) is 5.69. The van der Waals surface area contributed by atoms with Gasteiger partial charge in [-0.2, -0.15) is 0 Å². The van der Waals surface area contributed by atoms with Gasteiger partial charge in [0, 0.05) is 4.91 Å². The smallest absolute Gasteiger partial charge is 0.0761 e. The van der Waals surface area contributed by atoms with Crippen LogP contribution in [0.15, 0.2) is 63.7 Å². The maximum absolute atomic E-state index is 4.93. The van der Waals surface area contributed by atoms with Crippen molar-refractivity contribution in [3.05, 3.63) is 58.7 Å². The summed E-state index contributed by atoms with van der Waals surface area (Å²) in [6.45, 7) is 15.3. The van der Waals surface area contributed by atoms with Gasteiger partial charge < -0.3 is 0 Å². The highest BCUT2D eigenvalue weighted by Gasteiger charge is 2.37. The van der Waals surface area contributed by atoms with E-state index in [1.165, 1.54) is 44.1 Å². The fourth-order valence-electron chi connectivity index (χ4n) is 3.57. The Morgan fingerprint density at radius 1 is 1.12 bits per heavy atom. The number of allylic oxidation sites excluding steroid dienone is 7. The first-order chi connectivity index (χ1) is 11.9. The fraction of sp³-hybridized carbons (Fsp3) is 0.522. The van der Waals surface area contributed by atoms with Gasteiger partial charge >= 0.3 is 0 Å². The van der Waals surface area contributed by atoms with Gasteiger partial charge in [-0.05, 0) is 60.0 Å². The number of nitrogens with zero attached hydrogens (tertiary/aromatic N) is 1. The van der Waals surface area contributed by atoms with Gasteiger partial charge in [0.15, 0.2) is 0 Å². The van der Waals surface area contributed by atoms with Crippen molar-refractivity contribution in [1.82, 2.24) is 0 Å². The quantitative estimate of drug-likeness (QED) is 0.345. The van der Waals surface area contributed by atoms with Gasteiger partial charge in [-0.1, -0.05) is 65.7 Å². The molecule has 0 heterocycles. The van der Waals surface area contributed by atoms with Crippen LogP contribution in [0.4, 0.5) is 0 Å². The number of hydrogen-bond acceptors (Lipinski definition) is 2. The van der Waals surface area contributed by atoms with E-state index in [0.29, 0.717) is 0 Å². The molecule has 136 valence electrons. The monoisotopic (exact) mass is 355 g/mol. The van der Waals surface area contributed by atoms with Gasteiger partial charge in [-0.15, -0.1) is 12.6 Å². The summed E-state index contributed by atoms with van der Waals surface area (Å²) in [7, 11) is 0. The molecule has 2 aliphatic carbocycles. The van der Waals surface area contributed by atoms with E-state index < -0.39 is 0 Å². The average molecular weight is 356 g/mol. The van der Waals surface area contributed by atoms with E-state index in [4.69, 9.17) is 17.6 Å². The fourth-order valence-corrected chi connectivity index (χ4v) is 4.10. The molecule has 1 unspecified atom stereocenters. The predicted octanol–water partition coefficient (Wildman–Crippen LogP) is 7.36. The Hall–Kier alpha value is -1.28. The third-order valence-corrected chi connectivity index (χ3v) is 5.78. The molecule has 0 fully saturated rings. The molecular formula is C23H33NS. The molecule has 0 aromatic rings. The second-order valence-electron chi connectivity index (χ2n) is 7.64. The Bertz CT molecular complexity index is 660. The number of hydrogen-bond donors (Lipinski definition) is 1. The summed E-state index contributed by atoms with van der Waals surface area (Å²) in [5.74, 6) is 0. The van der Waals surface area contributed by atoms with E-state index in [2.05, 4.69) is 52.2 Å². The molecule has 0 saturated heterocycles. The third kappa shape index (κ3) is 4.88. The van der Waals surface area contributed by atoms with E-state index in [1.54, 1.807) is 0 Å². The maximum atomic E-state index is 4.93. The summed E-state index contributed by atoms with van der Waals surface area (Å²) in [5, 5.41) is 0. The van der Waals surface area contributed by atoms with Gasteiger partial charge in [0.1, 0.15) is 0 Å². The van der Waals surface area contributed by atoms with Crippen LogP contribution in [-0.2, 0) is 0 Å². The van der Waals surface area contributed by atoms with Crippen molar-refractivity contribution in [3.8, 4) is 0 Å². The molecule has 2 aliphatic rings. The first-order valence-electron chi connectivity index (χ1n) is 9.69. The zero-order chi connectivity index (χ0) is 18.4. The Morgan fingerprint density at radius 3 is 2.52 bits per heavy atom. The van der Waals surface area contributed by atoms with Crippen LogP contribution in [0.1, 0.15) is 72.1 Å². The second kappa shape index (κ2) is 8.89. The first kappa shape index (κ1) is 20.0. The molecule has 0 aliphatic heterocycles. The van der Waals surface area contributed by atoms with E-state index in [9.17, 15) is 0 Å². The van der Waals surface area contributed by atoms with Crippen molar-refractivity contribution >= 4 is 18.3 Å². The Balaban J connectivity index is 2.18. The standard InChI is InChI=1S/C23H33NS/c1-6-8-10-14-23(5)16-21(25)22(18(23)4)24-20-13-12-17(3)19(15-20)11-9-7-2/h12-13,15,25H,3-4,6-11,14,16H2,1-2,5H3. The molecule has 0 amide bonds. The summed E-state index contributed by atoms with van der Waals surface area (Å²) in [6, 6.07) is 0. The Morgan fingerprint density at radius 2 is 1.84 bits per heavy atom. The van der Waals surface area contributed by atoms with E-state index in [1.807, 2.05) is 0 Å². The van der Waals surface area contributed by atoms with Crippen molar-refractivity contribution in [2.75, 3.05) is 0 Å². The molecule has 1 nitrogen and oxygen atoms in total. The van der Waals surface area contributed by atoms with Crippen molar-refractivity contribution < 1.29 is 0 Å². The van der Waals surface area contributed by atoms with Crippen LogP contribution in [-0.4, -0.2) is 5.71 Å². The number of unbranched alkanes of at least 4 members (excludes halogenated alkanes) is 3. The number of aliphatic imine (C=N–C) groups is 1. The molecule has 0 radical (unpaired) electrons. The Labute approximate surface area is 159 Å². The van der Waals surface area contributed by atoms with Crippen molar-refractivity contribution in [2.45, 2.75) is 72.1 Å². The first-order valence-corrected chi connectivity index (χ1v) is 10.1. The zero-order valence-corrected chi connectivity index (χ0v) is 17.1. The lowest BCUT2D eigenvalue weighted by atomic mass is 9.79. The van der Waals surface area contributed by atoms with Gasteiger partial charge in [0.25, 0.3) is 0 Å². The number of rotatable bonds is 8. The van der Waals surface area contributed by atoms with Crippen LogP contribution >= 0.6 is 12.6 Å². The SMILES string of the molecule is C=C1C=CC(=NC2=C(S)CC(C)(CCCCC)C2=C)C=C1CCCC. The normalized spacial score (nSPS) is 25.3. The van der Waals surface area contributed by atoms with E-state index in [0.717, 1.165) is 40.3 Å². The highest BCUT2D eigenvalue weighted by Crippen LogP contribution is 2.50. The van der Waals surface area contributed by atoms with Crippen LogP contribution in [0.3, 0.4) is 0 Å². The van der Waals surface area contributed by atoms with Gasteiger partial charge in [-0.25, -0.2) is 4.99 Å². The summed E-state index contributed by atoms with van der Waals surface area (Å²) in [4.78, 5) is 6.01. The van der Waals surface area contributed by atoms with Gasteiger partial charge in [0.05, 0.1) is 11.4 Å². The second-order valence-corrected chi connectivity index (χ2v) is 8.18. The largest absolute Gasteiger partial charge is 0.248 e. The summed E-state index contributed by atoms with van der Waals surface area (Å²) in [6.07, 6.45) is 15.7. The van der Waals surface area contributed by atoms with Gasteiger partial charge in [-0.3, -0.25) is 0 Å². The number of thiol groups is 1. The highest BCUT2D eigenvalue weighted by atomic mass is 32.1. The van der Waals surface area contributed by atoms with Crippen molar-refractivity contribution in [2.24, 2.45) is 10.4 Å². The lowest BCUT2D eigenvalue weighted by Crippen LogP contribution is -2.15. The molecule has 0 aromatic carbocycles. The molecule has 1 atom stereocenters. The molecular weight excluding hydrogens is 322 g/mol. The zero-order valence-electron chi connectivity index (χ0n) is 16.2. The summed E-state index contributed by atoms with van der Waals surface area (Å²) < 4.78 is 0. The molecule has 25 heavy (non-hydrogen) atoms. The molecule has 0 N–H and O–H groups in total. The predicted molar refractivity (Wildman–Crippen MR) is 115 cm³/mol. The molecule has 0 bridgehead atoms. The van der Waals surface area contributed by atoms with Crippen molar-refractivity contribution in [1.29, 1.82) is 0 Å². The van der Waals surface area contributed by atoms with Crippen molar-refractivity contribution in [3.63, 3.8) is 0 Å². The molecule has 2 rings (SSSR count). The van der Waals surface area contributed by atoms with Crippen LogP contribution < -0.4 is 0 Å². The highest BCUT2D eigenvalue weighted by molar-refractivity contribution is 7.84. The molecule has 0 saturated carbocycles. The van der Waals surface area contributed by atoms with E-state index >= 15 is 0 Å². The summed E-state index contributed by atoms with van der Waals surface area (Å²) >= 11 is 4.75. The minimum atomic E-state index is 0.113. The Kier molecular flexibility index (Phi) is 7.13. The molecule has 0 aromatic heterocycles. The maximum Gasteiger partial charge on any atom is 0.0761 e. The minimum absolute atomic E-state index is 0.113.